The van der Waals surface area contributed by atoms with E-state index in [0.717, 1.165) is 41.6 Å². The van der Waals surface area contributed by atoms with Crippen LogP contribution < -0.4 is 15.9 Å². The van der Waals surface area contributed by atoms with E-state index >= 15 is 0 Å². The van der Waals surface area contributed by atoms with Crippen LogP contribution in [0, 0.1) is 0 Å². The first-order valence-corrected chi connectivity index (χ1v) is 11.5. The molecule has 0 radical (unpaired) electrons. The number of aliphatic hydroxyl groups is 2. The molecule has 0 heterocycles. The Bertz CT molecular complexity index is 768. The molecule has 28 heavy (non-hydrogen) atoms. The molecule has 146 valence electrons. The maximum absolute atomic E-state index is 13.8. The number of benzene rings is 3. The van der Waals surface area contributed by atoms with Crippen LogP contribution in [0.1, 0.15) is 25.7 Å². The fourth-order valence-corrected chi connectivity index (χ4v) is 6.12. The molecule has 4 rings (SSSR count). The van der Waals surface area contributed by atoms with Crippen LogP contribution in [0.15, 0.2) is 91.0 Å². The second kappa shape index (κ2) is 9.84. The average molecular weight is 394 g/mol. The molecular weight excluding hydrogens is 367 g/mol. The Morgan fingerprint density at radius 1 is 0.571 bits per heavy atom. The van der Waals surface area contributed by atoms with Crippen LogP contribution in [0.25, 0.3) is 0 Å². The molecule has 1 saturated carbocycles. The van der Waals surface area contributed by atoms with E-state index in [9.17, 15) is 4.57 Å². The van der Waals surface area contributed by atoms with E-state index in [2.05, 4.69) is 0 Å². The van der Waals surface area contributed by atoms with Crippen LogP contribution in [-0.2, 0) is 4.57 Å². The molecule has 0 aliphatic heterocycles. The van der Waals surface area contributed by atoms with Crippen molar-refractivity contribution in [3.8, 4) is 0 Å². The summed E-state index contributed by atoms with van der Waals surface area (Å²) in [6.45, 7) is 0. The SMILES string of the molecule is O=P(c1ccccc1)(c1ccccc1)c1ccccc1.O[C@@H]1CCCC[C@H]1O. The molecule has 4 heteroatoms. The highest BCUT2D eigenvalue weighted by Gasteiger charge is 2.28. The molecule has 3 nitrogen and oxygen atoms in total. The van der Waals surface area contributed by atoms with E-state index in [1.54, 1.807) is 0 Å². The maximum atomic E-state index is 13.8. The number of hydrogen-bond donors (Lipinski definition) is 2. The molecular formula is C24H27O3P. The molecule has 0 saturated heterocycles. The van der Waals surface area contributed by atoms with Crippen molar-refractivity contribution in [1.29, 1.82) is 0 Å². The fraction of sp³-hybridized carbons (Fsp3) is 0.250. The van der Waals surface area contributed by atoms with E-state index in [4.69, 9.17) is 10.2 Å². The first-order chi connectivity index (χ1) is 13.6. The van der Waals surface area contributed by atoms with Crippen molar-refractivity contribution in [3.05, 3.63) is 91.0 Å². The normalized spacial score (nSPS) is 19.4. The predicted octanol–water partition coefficient (Wildman–Crippen LogP) is 3.61. The standard InChI is InChI=1S/C18H15OP.C6H12O2/c19-20(16-10-4-1-5-11-16,17-12-6-2-7-13-17)18-14-8-3-9-15-18;7-5-3-1-2-4-6(5)8/h1-15H;5-8H,1-4H2/t;5-,6-/m.1/s1. The Morgan fingerprint density at radius 2 is 0.857 bits per heavy atom. The Balaban J connectivity index is 0.000000236. The van der Waals surface area contributed by atoms with Gasteiger partial charge in [-0.1, -0.05) is 104 Å². The van der Waals surface area contributed by atoms with Crippen LogP contribution >= 0.6 is 7.14 Å². The molecule has 1 fully saturated rings. The average Bonchev–Trinajstić information content (AvgIpc) is 2.77. The number of hydrogen-bond acceptors (Lipinski definition) is 3. The molecule has 0 amide bonds. The van der Waals surface area contributed by atoms with Crippen molar-refractivity contribution in [2.24, 2.45) is 0 Å². The van der Waals surface area contributed by atoms with Crippen molar-refractivity contribution >= 4 is 23.1 Å². The second-order valence-electron chi connectivity index (χ2n) is 7.04. The molecule has 2 N–H and O–H groups in total. The summed E-state index contributed by atoms with van der Waals surface area (Å²) in [5, 5.41) is 20.5. The van der Waals surface area contributed by atoms with Gasteiger partial charge in [0.15, 0.2) is 7.14 Å². The van der Waals surface area contributed by atoms with E-state index in [-0.39, 0.29) is 0 Å². The Morgan fingerprint density at radius 3 is 1.11 bits per heavy atom. The zero-order valence-electron chi connectivity index (χ0n) is 15.9. The Labute approximate surface area is 167 Å². The molecule has 0 spiro atoms. The van der Waals surface area contributed by atoms with Crippen LogP contribution in [0.2, 0.25) is 0 Å². The summed E-state index contributed by atoms with van der Waals surface area (Å²) >= 11 is 0. The topological polar surface area (TPSA) is 57.5 Å². The molecule has 2 atom stereocenters. The van der Waals surface area contributed by atoms with E-state index in [0.29, 0.717) is 0 Å². The third kappa shape index (κ3) is 4.80. The third-order valence-corrected chi connectivity index (χ3v) is 8.13. The van der Waals surface area contributed by atoms with Gasteiger partial charge < -0.3 is 14.8 Å². The summed E-state index contributed by atoms with van der Waals surface area (Å²) in [6.07, 6.45) is 2.81. The smallest absolute Gasteiger partial charge is 0.171 e. The quantitative estimate of drug-likeness (QED) is 0.668. The van der Waals surface area contributed by atoms with E-state index in [1.165, 1.54) is 0 Å². The highest BCUT2D eigenvalue weighted by Crippen LogP contribution is 2.41. The highest BCUT2D eigenvalue weighted by atomic mass is 31.2. The molecule has 0 unspecified atom stereocenters. The first-order valence-electron chi connectivity index (χ1n) is 9.75. The van der Waals surface area contributed by atoms with Crippen LogP contribution in [0.3, 0.4) is 0 Å². The van der Waals surface area contributed by atoms with Crippen molar-refractivity contribution in [1.82, 2.24) is 0 Å². The number of aliphatic hydroxyl groups excluding tert-OH is 2. The molecule has 1 aliphatic rings. The summed E-state index contributed by atoms with van der Waals surface area (Å²) in [6, 6.07) is 29.1. The van der Waals surface area contributed by atoms with E-state index in [1.807, 2.05) is 91.0 Å². The zero-order valence-corrected chi connectivity index (χ0v) is 16.8. The second-order valence-corrected chi connectivity index (χ2v) is 9.80. The van der Waals surface area contributed by atoms with Crippen LogP contribution in [-0.4, -0.2) is 22.4 Å². The van der Waals surface area contributed by atoms with Crippen molar-refractivity contribution in [2.75, 3.05) is 0 Å². The largest absolute Gasteiger partial charge is 0.390 e. The van der Waals surface area contributed by atoms with Gasteiger partial charge in [-0.25, -0.2) is 0 Å². The predicted molar refractivity (Wildman–Crippen MR) is 116 cm³/mol. The van der Waals surface area contributed by atoms with Crippen molar-refractivity contribution in [3.63, 3.8) is 0 Å². The molecule has 1 aliphatic carbocycles. The molecule has 0 aromatic heterocycles. The van der Waals surface area contributed by atoms with Gasteiger partial charge in [0.25, 0.3) is 0 Å². The lowest BCUT2D eigenvalue weighted by Gasteiger charge is -2.22. The van der Waals surface area contributed by atoms with Gasteiger partial charge in [0.2, 0.25) is 0 Å². The summed E-state index contributed by atoms with van der Waals surface area (Å²) in [5.41, 5.74) is 0. The fourth-order valence-electron chi connectivity index (χ4n) is 3.45. The monoisotopic (exact) mass is 394 g/mol. The minimum Gasteiger partial charge on any atom is -0.390 e. The van der Waals surface area contributed by atoms with Crippen LogP contribution in [0.5, 0.6) is 0 Å². The molecule has 3 aromatic rings. The van der Waals surface area contributed by atoms with Gasteiger partial charge in [-0.3, -0.25) is 0 Å². The van der Waals surface area contributed by atoms with Crippen LogP contribution in [0.4, 0.5) is 0 Å². The van der Waals surface area contributed by atoms with Gasteiger partial charge in [-0.2, -0.15) is 0 Å². The number of rotatable bonds is 3. The molecule has 3 aromatic carbocycles. The molecule has 0 bridgehead atoms. The summed E-state index contributed by atoms with van der Waals surface area (Å²) in [4.78, 5) is 0. The van der Waals surface area contributed by atoms with Gasteiger partial charge in [0, 0.05) is 15.9 Å². The Kier molecular flexibility index (Phi) is 7.22. The Hall–Kier alpha value is -2.19. The van der Waals surface area contributed by atoms with Crippen molar-refractivity contribution < 1.29 is 14.8 Å². The van der Waals surface area contributed by atoms with Gasteiger partial charge >= 0.3 is 0 Å². The van der Waals surface area contributed by atoms with Gasteiger partial charge in [-0.15, -0.1) is 0 Å². The summed E-state index contributed by atoms with van der Waals surface area (Å²) < 4.78 is 13.8. The summed E-state index contributed by atoms with van der Waals surface area (Å²) in [7, 11) is -2.78. The first kappa shape index (κ1) is 20.5. The van der Waals surface area contributed by atoms with E-state index < -0.39 is 19.3 Å². The lowest BCUT2D eigenvalue weighted by Crippen LogP contribution is -2.28. The summed E-state index contributed by atoms with van der Waals surface area (Å²) in [5.74, 6) is 0. The van der Waals surface area contributed by atoms with Gasteiger partial charge in [0.05, 0.1) is 12.2 Å². The van der Waals surface area contributed by atoms with Gasteiger partial charge in [0.1, 0.15) is 0 Å². The minimum atomic E-state index is -2.78. The van der Waals surface area contributed by atoms with Gasteiger partial charge in [-0.05, 0) is 12.8 Å². The lowest BCUT2D eigenvalue weighted by molar-refractivity contribution is -0.00865. The van der Waals surface area contributed by atoms with Crippen molar-refractivity contribution in [2.45, 2.75) is 37.9 Å². The lowest BCUT2D eigenvalue weighted by atomic mass is 9.95. The third-order valence-electron chi connectivity index (χ3n) is 5.05. The maximum Gasteiger partial charge on any atom is 0.171 e. The minimum absolute atomic E-state index is 0.441. The zero-order chi connectivity index (χ0) is 19.8. The highest BCUT2D eigenvalue weighted by molar-refractivity contribution is 7.85.